The van der Waals surface area contributed by atoms with Gasteiger partial charge in [-0.3, -0.25) is 4.79 Å². The topological polar surface area (TPSA) is 56.7 Å². The van der Waals surface area contributed by atoms with E-state index in [1.165, 1.54) is 0 Å². The zero-order chi connectivity index (χ0) is 8.97. The Bertz CT molecular complexity index is 284. The van der Waals surface area contributed by atoms with Gasteiger partial charge in [0.25, 0.3) is 0 Å². The van der Waals surface area contributed by atoms with Crippen molar-refractivity contribution in [3.05, 3.63) is 24.3 Å². The molecule has 0 unspecified atom stereocenters. The van der Waals surface area contributed by atoms with Gasteiger partial charge in [-0.25, -0.2) is 0 Å². The largest absolute Gasteiger partial charge is 0.323 e. The highest BCUT2D eigenvalue weighted by atomic mass is 16.1. The Morgan fingerprint density at radius 3 is 2.75 bits per heavy atom. The standard InChI is InChI=1S/C9H12N2O/c1-2-9(12)11-8-6-4-3-5-7(8)10/h3-6H,2,10H2,1H3,(H,11,12)/p+1. The first kappa shape index (κ1) is 8.74. The number of benzene rings is 1. The fourth-order valence-electron chi connectivity index (χ4n) is 0.881. The van der Waals surface area contributed by atoms with E-state index in [4.69, 9.17) is 0 Å². The number of carbonyl (C=O) groups excluding carboxylic acids is 1. The van der Waals surface area contributed by atoms with Gasteiger partial charge < -0.3 is 11.1 Å². The van der Waals surface area contributed by atoms with Gasteiger partial charge >= 0.3 is 0 Å². The van der Waals surface area contributed by atoms with Crippen molar-refractivity contribution in [2.45, 2.75) is 13.3 Å². The molecular formula is C9H13N2O+. The number of para-hydroxylation sites is 1. The molecule has 0 spiro atoms. The molecule has 0 saturated carbocycles. The Balaban J connectivity index is 2.75. The van der Waals surface area contributed by atoms with Crippen molar-refractivity contribution in [3.8, 4) is 0 Å². The fourth-order valence-corrected chi connectivity index (χ4v) is 0.881. The second-order valence-electron chi connectivity index (χ2n) is 2.56. The molecule has 12 heavy (non-hydrogen) atoms. The number of hydrogen-bond donors (Lipinski definition) is 2. The van der Waals surface area contributed by atoms with Crippen LogP contribution in [-0.2, 0) is 4.79 Å². The summed E-state index contributed by atoms with van der Waals surface area (Å²) in [5.74, 6) is 0.0195. The Labute approximate surface area is 71.6 Å². The summed E-state index contributed by atoms with van der Waals surface area (Å²) in [4.78, 5) is 11.0. The van der Waals surface area contributed by atoms with Crippen LogP contribution in [0.2, 0.25) is 0 Å². The molecule has 0 fully saturated rings. The van der Waals surface area contributed by atoms with Gasteiger partial charge in [-0.15, -0.1) is 0 Å². The van der Waals surface area contributed by atoms with Crippen molar-refractivity contribution in [2.24, 2.45) is 0 Å². The van der Waals surface area contributed by atoms with E-state index in [2.05, 4.69) is 11.1 Å². The molecule has 0 aromatic heterocycles. The second-order valence-corrected chi connectivity index (χ2v) is 2.56. The highest BCUT2D eigenvalue weighted by molar-refractivity contribution is 5.92. The number of quaternary nitrogens is 1. The van der Waals surface area contributed by atoms with Gasteiger partial charge in [-0.1, -0.05) is 19.1 Å². The van der Waals surface area contributed by atoms with E-state index in [0.29, 0.717) is 6.42 Å². The zero-order valence-corrected chi connectivity index (χ0v) is 7.13. The molecule has 0 radical (unpaired) electrons. The monoisotopic (exact) mass is 165 g/mol. The van der Waals surface area contributed by atoms with Crippen molar-refractivity contribution in [2.75, 3.05) is 5.32 Å². The van der Waals surface area contributed by atoms with Crippen LogP contribution in [0.15, 0.2) is 24.3 Å². The molecule has 0 aliphatic heterocycles. The molecule has 0 atom stereocenters. The minimum Gasteiger partial charge on any atom is -0.323 e. The van der Waals surface area contributed by atoms with Crippen LogP contribution in [0.25, 0.3) is 0 Å². The molecule has 1 aromatic carbocycles. The van der Waals surface area contributed by atoms with Crippen LogP contribution >= 0.6 is 0 Å². The Hall–Kier alpha value is -1.35. The second kappa shape index (κ2) is 3.88. The summed E-state index contributed by atoms with van der Waals surface area (Å²) in [6.07, 6.45) is 0.494. The first-order valence-electron chi connectivity index (χ1n) is 3.95. The smallest absolute Gasteiger partial charge is 0.224 e. The molecule has 4 N–H and O–H groups in total. The zero-order valence-electron chi connectivity index (χ0n) is 7.13. The van der Waals surface area contributed by atoms with Gasteiger partial charge in [-0.2, -0.15) is 0 Å². The van der Waals surface area contributed by atoms with Gasteiger partial charge in [0.15, 0.2) is 5.69 Å². The van der Waals surface area contributed by atoms with Crippen LogP contribution in [0.4, 0.5) is 11.4 Å². The molecule has 0 aliphatic carbocycles. The van der Waals surface area contributed by atoms with Crippen molar-refractivity contribution in [1.29, 1.82) is 0 Å². The molecule has 0 bridgehead atoms. The lowest BCUT2D eigenvalue weighted by molar-refractivity contribution is -0.253. The number of amides is 1. The number of nitrogens with one attached hydrogen (secondary N) is 1. The Morgan fingerprint density at radius 2 is 2.17 bits per heavy atom. The predicted octanol–water partition coefficient (Wildman–Crippen LogP) is 0.909. The van der Waals surface area contributed by atoms with Crippen LogP contribution in [-0.4, -0.2) is 5.91 Å². The lowest BCUT2D eigenvalue weighted by atomic mass is 10.2. The van der Waals surface area contributed by atoms with E-state index in [1.54, 1.807) is 0 Å². The molecule has 0 saturated heterocycles. The van der Waals surface area contributed by atoms with Crippen LogP contribution in [0.5, 0.6) is 0 Å². The fraction of sp³-hybridized carbons (Fsp3) is 0.222. The maximum absolute atomic E-state index is 11.0. The van der Waals surface area contributed by atoms with E-state index in [9.17, 15) is 4.79 Å². The molecule has 0 heterocycles. The molecular weight excluding hydrogens is 152 g/mol. The third-order valence-corrected chi connectivity index (χ3v) is 1.61. The average molecular weight is 165 g/mol. The van der Waals surface area contributed by atoms with E-state index in [-0.39, 0.29) is 5.91 Å². The highest BCUT2D eigenvalue weighted by Gasteiger charge is 2.02. The SMILES string of the molecule is CCC(=O)Nc1ccccc1[NH3+]. The highest BCUT2D eigenvalue weighted by Crippen LogP contribution is 2.14. The van der Waals surface area contributed by atoms with Gasteiger partial charge in [0.05, 0.1) is 0 Å². The molecule has 1 rings (SSSR count). The lowest BCUT2D eigenvalue weighted by Crippen LogP contribution is -2.41. The van der Waals surface area contributed by atoms with Crippen molar-refractivity contribution < 1.29 is 10.5 Å². The summed E-state index contributed by atoms with van der Waals surface area (Å²) >= 11 is 0. The maximum Gasteiger partial charge on any atom is 0.224 e. The number of carbonyl (C=O) groups is 1. The summed E-state index contributed by atoms with van der Waals surface area (Å²) in [5, 5.41) is 2.76. The van der Waals surface area contributed by atoms with Crippen LogP contribution in [0.3, 0.4) is 0 Å². The third-order valence-electron chi connectivity index (χ3n) is 1.61. The minimum absolute atomic E-state index is 0.0195. The maximum atomic E-state index is 11.0. The van der Waals surface area contributed by atoms with E-state index >= 15 is 0 Å². The molecule has 1 aromatic rings. The van der Waals surface area contributed by atoms with E-state index in [1.807, 2.05) is 31.2 Å². The van der Waals surface area contributed by atoms with Crippen molar-refractivity contribution >= 4 is 17.3 Å². The Morgan fingerprint density at radius 1 is 1.50 bits per heavy atom. The number of hydrogen-bond acceptors (Lipinski definition) is 1. The summed E-state index contributed by atoms with van der Waals surface area (Å²) in [6.45, 7) is 1.82. The average Bonchev–Trinajstić information content (AvgIpc) is 2.09. The van der Waals surface area contributed by atoms with Crippen LogP contribution in [0, 0.1) is 0 Å². The lowest BCUT2D eigenvalue weighted by Gasteiger charge is -2.02. The minimum atomic E-state index is 0.0195. The van der Waals surface area contributed by atoms with Crippen molar-refractivity contribution in [1.82, 2.24) is 0 Å². The van der Waals surface area contributed by atoms with Gasteiger partial charge in [0, 0.05) is 12.5 Å². The molecule has 3 nitrogen and oxygen atoms in total. The first-order valence-corrected chi connectivity index (χ1v) is 3.95. The molecule has 1 amide bonds. The summed E-state index contributed by atoms with van der Waals surface area (Å²) in [5.41, 5.74) is 5.44. The van der Waals surface area contributed by atoms with Crippen LogP contribution in [0.1, 0.15) is 13.3 Å². The number of anilines is 1. The molecule has 3 heteroatoms. The Kier molecular flexibility index (Phi) is 2.82. The summed E-state index contributed by atoms with van der Waals surface area (Å²) in [7, 11) is 0. The van der Waals surface area contributed by atoms with Crippen molar-refractivity contribution in [3.63, 3.8) is 0 Å². The first-order chi connectivity index (χ1) is 5.74. The molecule has 0 aliphatic rings. The van der Waals surface area contributed by atoms with Gasteiger partial charge in [-0.05, 0) is 6.07 Å². The van der Waals surface area contributed by atoms with Gasteiger partial charge in [0.2, 0.25) is 5.91 Å². The van der Waals surface area contributed by atoms with E-state index < -0.39 is 0 Å². The summed E-state index contributed by atoms with van der Waals surface area (Å²) < 4.78 is 0. The van der Waals surface area contributed by atoms with E-state index in [0.717, 1.165) is 11.4 Å². The van der Waals surface area contributed by atoms with Gasteiger partial charge in [0.1, 0.15) is 5.69 Å². The normalized spacial score (nSPS) is 9.50. The summed E-state index contributed by atoms with van der Waals surface area (Å²) in [6, 6.07) is 7.48. The number of rotatable bonds is 2. The molecule has 64 valence electrons. The predicted molar refractivity (Wildman–Crippen MR) is 47.9 cm³/mol. The third kappa shape index (κ3) is 2.07. The van der Waals surface area contributed by atoms with Crippen LogP contribution < -0.4 is 11.1 Å². The quantitative estimate of drug-likeness (QED) is 0.672.